The quantitative estimate of drug-likeness (QED) is 0.597. The van der Waals surface area contributed by atoms with Gasteiger partial charge in [-0.15, -0.1) is 0 Å². The molecule has 0 aliphatic carbocycles. The molecule has 0 fully saturated rings. The maximum Gasteiger partial charge on any atom is 0.0606 e. The molecule has 0 amide bonds. The summed E-state index contributed by atoms with van der Waals surface area (Å²) in [5.41, 5.74) is 2.44. The van der Waals surface area contributed by atoms with E-state index in [1.807, 2.05) is 0 Å². The highest BCUT2D eigenvalue weighted by atomic mass is 79.9. The number of hydrogen-bond donors (Lipinski definition) is 2. The fourth-order valence-electron chi connectivity index (χ4n) is 2.22. The number of anilines is 1. The van der Waals surface area contributed by atoms with Gasteiger partial charge >= 0.3 is 0 Å². The first kappa shape index (κ1) is 18.4. The number of benzene rings is 1. The predicted octanol–water partition coefficient (Wildman–Crippen LogP) is 2.78. The zero-order chi connectivity index (χ0) is 15.5. The van der Waals surface area contributed by atoms with Gasteiger partial charge in [0.25, 0.3) is 0 Å². The lowest BCUT2D eigenvalue weighted by Crippen LogP contribution is -2.29. The number of ether oxygens (including phenoxy) is 1. The first-order valence-electron chi connectivity index (χ1n) is 7.56. The van der Waals surface area contributed by atoms with Crippen LogP contribution >= 0.6 is 15.9 Å². The summed E-state index contributed by atoms with van der Waals surface area (Å²) in [6.07, 6.45) is 2.28. The average molecular weight is 359 g/mol. The zero-order valence-corrected chi connectivity index (χ0v) is 14.7. The van der Waals surface area contributed by atoms with Gasteiger partial charge in [0.1, 0.15) is 0 Å². The SMILES string of the molecule is CCCCN(CCO)c1ccc(Br)cc1CNCCOC. The second kappa shape index (κ2) is 11.0. The molecule has 0 atom stereocenters. The Balaban J connectivity index is 2.80. The fraction of sp³-hybridized carbons (Fsp3) is 0.625. The number of aliphatic hydroxyl groups excluding tert-OH is 1. The van der Waals surface area contributed by atoms with E-state index in [9.17, 15) is 5.11 Å². The molecular weight excluding hydrogens is 332 g/mol. The van der Waals surface area contributed by atoms with E-state index >= 15 is 0 Å². The molecule has 5 heteroatoms. The van der Waals surface area contributed by atoms with E-state index < -0.39 is 0 Å². The van der Waals surface area contributed by atoms with Gasteiger partial charge in [0.2, 0.25) is 0 Å². The minimum absolute atomic E-state index is 0.177. The Labute approximate surface area is 136 Å². The second-order valence-corrected chi connectivity index (χ2v) is 5.92. The van der Waals surface area contributed by atoms with Gasteiger partial charge < -0.3 is 20.1 Å². The molecule has 21 heavy (non-hydrogen) atoms. The van der Waals surface area contributed by atoms with Crippen LogP contribution in [0.4, 0.5) is 5.69 Å². The van der Waals surface area contributed by atoms with Gasteiger partial charge in [0.15, 0.2) is 0 Å². The maximum absolute atomic E-state index is 9.31. The lowest BCUT2D eigenvalue weighted by Gasteiger charge is -2.27. The third-order valence-electron chi connectivity index (χ3n) is 3.33. The van der Waals surface area contributed by atoms with Crippen molar-refractivity contribution in [1.29, 1.82) is 0 Å². The molecule has 0 aliphatic heterocycles. The first-order chi connectivity index (χ1) is 10.2. The summed E-state index contributed by atoms with van der Waals surface area (Å²) in [5, 5.41) is 12.7. The minimum atomic E-state index is 0.177. The van der Waals surface area contributed by atoms with Gasteiger partial charge in [-0.25, -0.2) is 0 Å². The second-order valence-electron chi connectivity index (χ2n) is 5.01. The number of methoxy groups -OCH3 is 1. The van der Waals surface area contributed by atoms with Crippen LogP contribution in [0, 0.1) is 0 Å². The summed E-state index contributed by atoms with van der Waals surface area (Å²) in [4.78, 5) is 2.27. The monoisotopic (exact) mass is 358 g/mol. The lowest BCUT2D eigenvalue weighted by atomic mass is 10.1. The molecule has 0 aliphatic rings. The van der Waals surface area contributed by atoms with E-state index in [4.69, 9.17) is 4.74 Å². The van der Waals surface area contributed by atoms with Crippen LogP contribution in [0.25, 0.3) is 0 Å². The Morgan fingerprint density at radius 3 is 2.81 bits per heavy atom. The van der Waals surface area contributed by atoms with E-state index in [0.717, 1.165) is 36.9 Å². The van der Waals surface area contributed by atoms with E-state index in [1.54, 1.807) is 7.11 Å². The highest BCUT2D eigenvalue weighted by Gasteiger charge is 2.11. The fourth-order valence-corrected chi connectivity index (χ4v) is 2.63. The Kier molecular flexibility index (Phi) is 9.67. The number of hydrogen-bond acceptors (Lipinski definition) is 4. The molecule has 1 rings (SSSR count). The maximum atomic E-state index is 9.31. The Bertz CT molecular complexity index is 402. The van der Waals surface area contributed by atoms with Crippen LogP contribution in [0.15, 0.2) is 22.7 Å². The number of aliphatic hydroxyl groups is 1. The van der Waals surface area contributed by atoms with Crippen molar-refractivity contribution in [3.63, 3.8) is 0 Å². The van der Waals surface area contributed by atoms with E-state index in [1.165, 1.54) is 11.3 Å². The van der Waals surface area contributed by atoms with Crippen molar-refractivity contribution in [2.45, 2.75) is 26.3 Å². The molecule has 4 nitrogen and oxygen atoms in total. The minimum Gasteiger partial charge on any atom is -0.395 e. The number of unbranched alkanes of at least 4 members (excludes halogenated alkanes) is 1. The normalized spacial score (nSPS) is 10.9. The average Bonchev–Trinajstić information content (AvgIpc) is 2.48. The Hall–Kier alpha value is -0.620. The number of nitrogens with zero attached hydrogens (tertiary/aromatic N) is 1. The molecule has 0 bridgehead atoms. The van der Waals surface area contributed by atoms with Crippen molar-refractivity contribution in [3.8, 4) is 0 Å². The van der Waals surface area contributed by atoms with Crippen LogP contribution in [0.2, 0.25) is 0 Å². The highest BCUT2D eigenvalue weighted by molar-refractivity contribution is 9.10. The van der Waals surface area contributed by atoms with Crippen molar-refractivity contribution in [2.75, 3.05) is 44.9 Å². The van der Waals surface area contributed by atoms with Crippen LogP contribution in [0.3, 0.4) is 0 Å². The molecule has 0 saturated heterocycles. The summed E-state index contributed by atoms with van der Waals surface area (Å²) >= 11 is 3.54. The molecule has 0 saturated carbocycles. The van der Waals surface area contributed by atoms with Crippen molar-refractivity contribution in [3.05, 3.63) is 28.2 Å². The molecule has 0 unspecified atom stereocenters. The van der Waals surface area contributed by atoms with Gasteiger partial charge in [-0.3, -0.25) is 0 Å². The van der Waals surface area contributed by atoms with Gasteiger partial charge in [-0.2, -0.15) is 0 Å². The zero-order valence-electron chi connectivity index (χ0n) is 13.1. The lowest BCUT2D eigenvalue weighted by molar-refractivity contribution is 0.199. The van der Waals surface area contributed by atoms with Crippen molar-refractivity contribution < 1.29 is 9.84 Å². The van der Waals surface area contributed by atoms with Gasteiger partial charge in [-0.1, -0.05) is 29.3 Å². The molecule has 0 radical (unpaired) electrons. The number of halogens is 1. The van der Waals surface area contributed by atoms with Gasteiger partial charge in [0.05, 0.1) is 13.2 Å². The predicted molar refractivity (Wildman–Crippen MR) is 91.9 cm³/mol. The van der Waals surface area contributed by atoms with Crippen LogP contribution in [-0.2, 0) is 11.3 Å². The topological polar surface area (TPSA) is 44.7 Å². The van der Waals surface area contributed by atoms with E-state index in [0.29, 0.717) is 13.2 Å². The molecular formula is C16H27BrN2O2. The summed E-state index contributed by atoms with van der Waals surface area (Å²) in [6.45, 7) is 6.35. The van der Waals surface area contributed by atoms with Crippen LogP contribution in [0.5, 0.6) is 0 Å². The standard InChI is InChI=1S/C16H27BrN2O2/c1-3-4-8-19(9-10-20)16-6-5-15(17)12-14(16)13-18-7-11-21-2/h5-6,12,18,20H,3-4,7-11,13H2,1-2H3. The summed E-state index contributed by atoms with van der Waals surface area (Å²) in [5.74, 6) is 0. The molecule has 120 valence electrons. The molecule has 0 spiro atoms. The van der Waals surface area contributed by atoms with Crippen molar-refractivity contribution >= 4 is 21.6 Å². The largest absolute Gasteiger partial charge is 0.395 e. The summed E-state index contributed by atoms with van der Waals surface area (Å²) in [6, 6.07) is 6.33. The summed E-state index contributed by atoms with van der Waals surface area (Å²) in [7, 11) is 1.71. The van der Waals surface area contributed by atoms with Crippen LogP contribution < -0.4 is 10.2 Å². The molecule has 2 N–H and O–H groups in total. The molecule has 1 aromatic rings. The third-order valence-corrected chi connectivity index (χ3v) is 3.83. The smallest absolute Gasteiger partial charge is 0.0606 e. The van der Waals surface area contributed by atoms with Crippen molar-refractivity contribution in [2.24, 2.45) is 0 Å². The Morgan fingerprint density at radius 2 is 2.14 bits per heavy atom. The van der Waals surface area contributed by atoms with Gasteiger partial charge in [-0.05, 0) is 30.2 Å². The Morgan fingerprint density at radius 1 is 1.33 bits per heavy atom. The van der Waals surface area contributed by atoms with Gasteiger partial charge in [0, 0.05) is 43.4 Å². The molecule has 0 heterocycles. The van der Waals surface area contributed by atoms with E-state index in [2.05, 4.69) is 51.3 Å². The molecule has 1 aromatic carbocycles. The first-order valence-corrected chi connectivity index (χ1v) is 8.36. The molecule has 0 aromatic heterocycles. The van der Waals surface area contributed by atoms with Crippen molar-refractivity contribution in [1.82, 2.24) is 5.32 Å². The summed E-state index contributed by atoms with van der Waals surface area (Å²) < 4.78 is 6.14. The highest BCUT2D eigenvalue weighted by Crippen LogP contribution is 2.25. The third kappa shape index (κ3) is 6.78. The van der Waals surface area contributed by atoms with E-state index in [-0.39, 0.29) is 6.61 Å². The number of nitrogens with one attached hydrogen (secondary N) is 1. The van der Waals surface area contributed by atoms with Crippen LogP contribution in [0.1, 0.15) is 25.3 Å². The number of rotatable bonds is 11. The van der Waals surface area contributed by atoms with Crippen LogP contribution in [-0.4, -0.2) is 45.1 Å².